The minimum atomic E-state index is 0.266. The van der Waals surface area contributed by atoms with Gasteiger partial charge in [-0.2, -0.15) is 0 Å². The molecule has 86 valence electrons. The van der Waals surface area contributed by atoms with Gasteiger partial charge in [0.25, 0.3) is 0 Å². The Hall–Kier alpha value is -0.520. The zero-order chi connectivity index (χ0) is 11.3. The second-order valence-electron chi connectivity index (χ2n) is 4.89. The lowest BCUT2D eigenvalue weighted by Crippen LogP contribution is -2.42. The minimum Gasteiger partial charge on any atom is -0.326 e. The first-order chi connectivity index (χ1) is 7.17. The fourth-order valence-electron chi connectivity index (χ4n) is 1.78. The second-order valence-corrected chi connectivity index (χ2v) is 4.89. The van der Waals surface area contributed by atoms with Crippen molar-refractivity contribution in [2.24, 2.45) is 17.6 Å². The molecule has 0 saturated heterocycles. The topological polar surface area (TPSA) is 29.3 Å². The molecular formula is C13H24N2. The maximum atomic E-state index is 6.14. The van der Waals surface area contributed by atoms with E-state index in [2.05, 4.69) is 24.7 Å². The molecule has 2 nitrogen and oxygen atoms in total. The molecule has 0 heterocycles. The van der Waals surface area contributed by atoms with Crippen LogP contribution < -0.4 is 5.73 Å². The number of nitrogens with two attached hydrogens (primary N) is 1. The summed E-state index contributed by atoms with van der Waals surface area (Å²) >= 11 is 0. The molecule has 2 atom stereocenters. The summed E-state index contributed by atoms with van der Waals surface area (Å²) in [6.07, 6.45) is 9.27. The molecule has 0 bridgehead atoms. The van der Waals surface area contributed by atoms with E-state index in [1.807, 2.05) is 0 Å². The van der Waals surface area contributed by atoms with Crippen LogP contribution in [0.3, 0.4) is 0 Å². The lowest BCUT2D eigenvalue weighted by molar-refractivity contribution is 0.247. The molecule has 15 heavy (non-hydrogen) atoms. The van der Waals surface area contributed by atoms with Gasteiger partial charge in [0.05, 0.1) is 6.54 Å². The van der Waals surface area contributed by atoms with Crippen LogP contribution in [0, 0.1) is 24.2 Å². The van der Waals surface area contributed by atoms with Crippen molar-refractivity contribution in [3.63, 3.8) is 0 Å². The standard InChI is InChI=1S/C13H24N2/c1-4-8-15(9-12-6-7-12)10-13(14)11(3)5-2/h1,11-13H,5-10,14H2,2-3H3. The van der Waals surface area contributed by atoms with Crippen molar-refractivity contribution in [3.05, 3.63) is 0 Å². The fourth-order valence-corrected chi connectivity index (χ4v) is 1.78. The van der Waals surface area contributed by atoms with Gasteiger partial charge in [-0.3, -0.25) is 4.90 Å². The molecule has 1 fully saturated rings. The van der Waals surface area contributed by atoms with Crippen molar-refractivity contribution in [3.8, 4) is 12.3 Å². The number of nitrogens with zero attached hydrogens (tertiary/aromatic N) is 1. The fraction of sp³-hybridized carbons (Fsp3) is 0.846. The Morgan fingerprint density at radius 3 is 2.67 bits per heavy atom. The van der Waals surface area contributed by atoms with Gasteiger partial charge in [-0.15, -0.1) is 6.42 Å². The summed E-state index contributed by atoms with van der Waals surface area (Å²) in [6.45, 7) is 7.26. The summed E-state index contributed by atoms with van der Waals surface area (Å²) in [4.78, 5) is 2.34. The first-order valence-electron chi connectivity index (χ1n) is 6.08. The Balaban J connectivity index is 2.31. The third kappa shape index (κ3) is 4.68. The van der Waals surface area contributed by atoms with Gasteiger partial charge in [0.15, 0.2) is 0 Å². The van der Waals surface area contributed by atoms with Crippen LogP contribution in [0.15, 0.2) is 0 Å². The zero-order valence-corrected chi connectivity index (χ0v) is 10.1. The van der Waals surface area contributed by atoms with Crippen LogP contribution >= 0.6 is 0 Å². The van der Waals surface area contributed by atoms with E-state index in [0.717, 1.165) is 32.0 Å². The summed E-state index contributed by atoms with van der Waals surface area (Å²) < 4.78 is 0. The third-order valence-corrected chi connectivity index (χ3v) is 3.37. The average molecular weight is 208 g/mol. The van der Waals surface area contributed by atoms with Crippen LogP contribution in [0.25, 0.3) is 0 Å². The van der Waals surface area contributed by atoms with E-state index < -0.39 is 0 Å². The third-order valence-electron chi connectivity index (χ3n) is 3.37. The summed E-state index contributed by atoms with van der Waals surface area (Å²) in [6, 6.07) is 0.266. The van der Waals surface area contributed by atoms with Crippen LogP contribution in [0.4, 0.5) is 0 Å². The first-order valence-corrected chi connectivity index (χ1v) is 6.08. The van der Waals surface area contributed by atoms with Crippen LogP contribution in [-0.4, -0.2) is 30.6 Å². The molecule has 1 aliphatic carbocycles. The Bertz CT molecular complexity index is 215. The first kappa shape index (κ1) is 12.5. The van der Waals surface area contributed by atoms with Gasteiger partial charge < -0.3 is 5.73 Å². The molecule has 0 amide bonds. The van der Waals surface area contributed by atoms with Crippen LogP contribution in [0.5, 0.6) is 0 Å². The largest absolute Gasteiger partial charge is 0.326 e. The smallest absolute Gasteiger partial charge is 0.0599 e. The zero-order valence-electron chi connectivity index (χ0n) is 10.1. The Morgan fingerprint density at radius 2 is 2.20 bits per heavy atom. The summed E-state index contributed by atoms with van der Waals surface area (Å²) in [5, 5.41) is 0. The van der Waals surface area contributed by atoms with E-state index >= 15 is 0 Å². The second kappa shape index (κ2) is 6.15. The van der Waals surface area contributed by atoms with E-state index in [1.54, 1.807) is 0 Å². The number of terminal acetylenes is 1. The Kier molecular flexibility index (Phi) is 5.14. The monoisotopic (exact) mass is 208 g/mol. The van der Waals surface area contributed by atoms with Crippen molar-refractivity contribution < 1.29 is 0 Å². The minimum absolute atomic E-state index is 0.266. The average Bonchev–Trinajstić information content (AvgIpc) is 3.00. The van der Waals surface area contributed by atoms with Gasteiger partial charge in [-0.05, 0) is 24.7 Å². The molecule has 0 radical (unpaired) electrons. The van der Waals surface area contributed by atoms with Gasteiger partial charge in [0.2, 0.25) is 0 Å². The maximum absolute atomic E-state index is 6.14. The van der Waals surface area contributed by atoms with Crippen LogP contribution in [0.2, 0.25) is 0 Å². The predicted octanol–water partition coefficient (Wildman–Crippen LogP) is 1.70. The quantitative estimate of drug-likeness (QED) is 0.645. The van der Waals surface area contributed by atoms with Crippen LogP contribution in [-0.2, 0) is 0 Å². The van der Waals surface area contributed by atoms with E-state index in [-0.39, 0.29) is 6.04 Å². The highest BCUT2D eigenvalue weighted by Crippen LogP contribution is 2.29. The molecule has 0 aliphatic heterocycles. The van der Waals surface area contributed by atoms with Gasteiger partial charge in [-0.25, -0.2) is 0 Å². The van der Waals surface area contributed by atoms with E-state index in [4.69, 9.17) is 12.2 Å². The lowest BCUT2D eigenvalue weighted by Gasteiger charge is -2.26. The van der Waals surface area contributed by atoms with Crippen molar-refractivity contribution in [1.29, 1.82) is 0 Å². The van der Waals surface area contributed by atoms with Gasteiger partial charge in [0, 0.05) is 19.1 Å². The normalized spacial score (nSPS) is 19.9. The molecular weight excluding hydrogens is 184 g/mol. The van der Waals surface area contributed by atoms with Crippen molar-refractivity contribution >= 4 is 0 Å². The van der Waals surface area contributed by atoms with Gasteiger partial charge >= 0.3 is 0 Å². The molecule has 1 aliphatic rings. The van der Waals surface area contributed by atoms with E-state index in [0.29, 0.717) is 5.92 Å². The molecule has 1 rings (SSSR count). The highest BCUT2D eigenvalue weighted by molar-refractivity contribution is 4.91. The van der Waals surface area contributed by atoms with Crippen LogP contribution in [0.1, 0.15) is 33.1 Å². The Morgan fingerprint density at radius 1 is 1.53 bits per heavy atom. The summed E-state index contributed by atoms with van der Waals surface area (Å²) in [7, 11) is 0. The molecule has 0 spiro atoms. The Labute approximate surface area is 94.2 Å². The molecule has 1 saturated carbocycles. The van der Waals surface area contributed by atoms with Crippen molar-refractivity contribution in [1.82, 2.24) is 4.90 Å². The van der Waals surface area contributed by atoms with Gasteiger partial charge in [-0.1, -0.05) is 26.2 Å². The summed E-state index contributed by atoms with van der Waals surface area (Å²) in [5.41, 5.74) is 6.14. The number of rotatable bonds is 7. The highest BCUT2D eigenvalue weighted by atomic mass is 15.1. The van der Waals surface area contributed by atoms with E-state index in [9.17, 15) is 0 Å². The molecule has 2 N–H and O–H groups in total. The van der Waals surface area contributed by atoms with Crippen molar-refractivity contribution in [2.45, 2.75) is 39.2 Å². The highest BCUT2D eigenvalue weighted by Gasteiger charge is 2.25. The predicted molar refractivity (Wildman–Crippen MR) is 65.4 cm³/mol. The SMILES string of the molecule is C#CCN(CC1CC1)CC(N)C(C)CC. The molecule has 0 aromatic heterocycles. The molecule has 0 aromatic rings. The maximum Gasteiger partial charge on any atom is 0.0599 e. The van der Waals surface area contributed by atoms with Gasteiger partial charge in [0.1, 0.15) is 0 Å². The molecule has 0 aromatic carbocycles. The lowest BCUT2D eigenvalue weighted by atomic mass is 9.99. The molecule has 2 heteroatoms. The number of hydrogen-bond acceptors (Lipinski definition) is 2. The van der Waals surface area contributed by atoms with Crippen molar-refractivity contribution in [2.75, 3.05) is 19.6 Å². The summed E-state index contributed by atoms with van der Waals surface area (Å²) in [5.74, 6) is 4.21. The van der Waals surface area contributed by atoms with E-state index in [1.165, 1.54) is 12.8 Å². The molecule has 2 unspecified atom stereocenters. The number of hydrogen-bond donors (Lipinski definition) is 1.